The van der Waals surface area contributed by atoms with Gasteiger partial charge in [0.15, 0.2) is 0 Å². The van der Waals surface area contributed by atoms with E-state index in [4.69, 9.17) is 16.7 Å². The fourth-order valence-corrected chi connectivity index (χ4v) is 4.96. The number of rotatable bonds is 6. The van der Waals surface area contributed by atoms with E-state index in [9.17, 15) is 14.0 Å². The molecule has 1 aromatic heterocycles. The second kappa shape index (κ2) is 9.87. The van der Waals surface area contributed by atoms with E-state index >= 15 is 0 Å². The first-order valence-electron chi connectivity index (χ1n) is 11.2. The lowest BCUT2D eigenvalue weighted by molar-refractivity contribution is -0.142. The van der Waals surface area contributed by atoms with Crippen molar-refractivity contribution in [3.8, 4) is 11.1 Å². The second-order valence-corrected chi connectivity index (χ2v) is 9.24. The molecule has 1 amide bonds. The molecule has 1 aliphatic rings. The van der Waals surface area contributed by atoms with E-state index in [0.717, 1.165) is 40.4 Å². The fraction of sp³-hybridized carbons (Fsp3) is 0.346. The molecule has 7 heteroatoms. The number of aliphatic carboxylic acids is 1. The van der Waals surface area contributed by atoms with Crippen molar-refractivity contribution >= 4 is 34.4 Å². The maximum atomic E-state index is 13.5. The zero-order valence-electron chi connectivity index (χ0n) is 18.4. The Kier molecular flexibility index (Phi) is 6.94. The minimum atomic E-state index is -0.813. The molecule has 0 unspecified atom stereocenters. The van der Waals surface area contributed by atoms with Crippen molar-refractivity contribution in [3.63, 3.8) is 0 Å². The van der Waals surface area contributed by atoms with E-state index in [0.29, 0.717) is 24.5 Å². The molecule has 0 spiro atoms. The number of hydrogen-bond acceptors (Lipinski definition) is 3. The van der Waals surface area contributed by atoms with Gasteiger partial charge >= 0.3 is 5.97 Å². The summed E-state index contributed by atoms with van der Waals surface area (Å²) >= 11 is 6.28. The van der Waals surface area contributed by atoms with Gasteiger partial charge in [0, 0.05) is 42.6 Å². The third kappa shape index (κ3) is 5.33. The Balaban J connectivity index is 1.51. The lowest BCUT2D eigenvalue weighted by atomic mass is 9.92. The van der Waals surface area contributed by atoms with E-state index in [-0.39, 0.29) is 30.0 Å². The number of halogens is 2. The summed E-state index contributed by atoms with van der Waals surface area (Å²) in [6.07, 6.45) is 4.06. The maximum absolute atomic E-state index is 13.5. The number of benzene rings is 2. The van der Waals surface area contributed by atoms with Gasteiger partial charge in [-0.15, -0.1) is 0 Å². The number of hydrogen-bond donors (Lipinski definition) is 1. The van der Waals surface area contributed by atoms with Gasteiger partial charge in [-0.3, -0.25) is 14.6 Å². The Morgan fingerprint density at radius 3 is 2.79 bits per heavy atom. The summed E-state index contributed by atoms with van der Waals surface area (Å²) in [7, 11) is 0. The predicted molar refractivity (Wildman–Crippen MR) is 127 cm³/mol. The second-order valence-electron chi connectivity index (χ2n) is 8.83. The molecule has 33 heavy (non-hydrogen) atoms. The quantitative estimate of drug-likeness (QED) is 0.512. The number of piperidine rings is 1. The molecule has 3 aromatic rings. The molecule has 0 saturated carbocycles. The van der Waals surface area contributed by atoms with Crippen molar-refractivity contribution in [2.45, 2.75) is 32.6 Å². The summed E-state index contributed by atoms with van der Waals surface area (Å²) in [6, 6.07) is 12.1. The van der Waals surface area contributed by atoms with Crippen molar-refractivity contribution in [3.05, 3.63) is 65.1 Å². The molecule has 0 bridgehead atoms. The summed E-state index contributed by atoms with van der Waals surface area (Å²) in [4.78, 5) is 30.4. The van der Waals surface area contributed by atoms with Gasteiger partial charge in [-0.1, -0.05) is 30.7 Å². The van der Waals surface area contributed by atoms with Crippen LogP contribution in [0.25, 0.3) is 22.0 Å². The Hall–Kier alpha value is -2.99. The highest BCUT2D eigenvalue weighted by molar-refractivity contribution is 6.33. The number of nitrogens with zero attached hydrogens (tertiary/aromatic N) is 2. The molecule has 2 heterocycles. The van der Waals surface area contributed by atoms with Crippen LogP contribution in [0.3, 0.4) is 0 Å². The molecule has 4 rings (SSSR count). The average molecular weight is 469 g/mol. The highest BCUT2D eigenvalue weighted by atomic mass is 35.5. The number of aromatic nitrogens is 1. The lowest BCUT2D eigenvalue weighted by Crippen LogP contribution is -2.43. The number of carbonyl (C=O) groups excluding carboxylic acids is 1. The van der Waals surface area contributed by atoms with E-state index in [1.165, 1.54) is 12.1 Å². The number of pyridine rings is 1. The van der Waals surface area contributed by atoms with Crippen LogP contribution < -0.4 is 0 Å². The molecular weight excluding hydrogens is 443 g/mol. The Bertz CT molecular complexity index is 1200. The third-order valence-corrected chi connectivity index (χ3v) is 6.60. The van der Waals surface area contributed by atoms with Crippen molar-refractivity contribution < 1.29 is 19.1 Å². The van der Waals surface area contributed by atoms with Crippen LogP contribution in [0.2, 0.25) is 5.02 Å². The number of carboxylic acids is 1. The van der Waals surface area contributed by atoms with Crippen LogP contribution in [0.5, 0.6) is 0 Å². The highest BCUT2D eigenvalue weighted by Crippen LogP contribution is 2.34. The number of likely N-dealkylation sites (tertiary alicyclic amines) is 1. The molecule has 5 nitrogen and oxygen atoms in total. The molecule has 1 aliphatic heterocycles. The van der Waals surface area contributed by atoms with E-state index < -0.39 is 5.97 Å². The van der Waals surface area contributed by atoms with E-state index in [1.54, 1.807) is 12.3 Å². The van der Waals surface area contributed by atoms with Crippen molar-refractivity contribution in [1.29, 1.82) is 0 Å². The predicted octanol–water partition coefficient (Wildman–Crippen LogP) is 5.59. The third-order valence-electron chi connectivity index (χ3n) is 6.29. The molecule has 0 aliphatic carbocycles. The summed E-state index contributed by atoms with van der Waals surface area (Å²) in [5.74, 6) is -1.34. The Morgan fingerprint density at radius 2 is 2.03 bits per heavy atom. The SMILES string of the molecule is C[C@H](Cc1ccc2c(-c3ccc(F)cc3Cl)ccnc2c1)C(=O)N1CCC[C@H](CC(=O)O)C1. The first kappa shape index (κ1) is 23.2. The van der Waals surface area contributed by atoms with Crippen LogP contribution >= 0.6 is 11.6 Å². The molecule has 2 atom stereocenters. The number of carboxylic acid groups (broad SMARTS) is 1. The van der Waals surface area contributed by atoms with Gasteiger partial charge < -0.3 is 10.0 Å². The first-order valence-corrected chi connectivity index (χ1v) is 11.5. The molecule has 172 valence electrons. The summed E-state index contributed by atoms with van der Waals surface area (Å²) < 4.78 is 13.5. The van der Waals surface area contributed by atoms with Crippen LogP contribution in [0.15, 0.2) is 48.7 Å². The summed E-state index contributed by atoms with van der Waals surface area (Å²) in [6.45, 7) is 3.10. The van der Waals surface area contributed by atoms with Crippen LogP contribution in [-0.2, 0) is 16.0 Å². The summed E-state index contributed by atoms with van der Waals surface area (Å²) in [5, 5.41) is 10.3. The van der Waals surface area contributed by atoms with Crippen molar-refractivity contribution in [2.24, 2.45) is 11.8 Å². The topological polar surface area (TPSA) is 70.5 Å². The lowest BCUT2D eigenvalue weighted by Gasteiger charge is -2.34. The fourth-order valence-electron chi connectivity index (χ4n) is 4.69. The van der Waals surface area contributed by atoms with Gasteiger partial charge in [0.2, 0.25) is 5.91 Å². The number of carbonyl (C=O) groups is 2. The molecule has 1 N–H and O–H groups in total. The van der Waals surface area contributed by atoms with Crippen molar-refractivity contribution in [2.75, 3.05) is 13.1 Å². The molecule has 1 saturated heterocycles. The van der Waals surface area contributed by atoms with Crippen LogP contribution in [-0.4, -0.2) is 40.0 Å². The first-order chi connectivity index (χ1) is 15.8. The highest BCUT2D eigenvalue weighted by Gasteiger charge is 2.28. The van der Waals surface area contributed by atoms with Crippen molar-refractivity contribution in [1.82, 2.24) is 9.88 Å². The standard InChI is InChI=1S/C26H26ClFN2O3/c1-16(26(33)30-10-2-3-18(15-30)13-25(31)32)11-17-4-6-22-20(8-9-29-24(22)12-17)21-7-5-19(28)14-23(21)27/h4-9,12,14,16,18H,2-3,10-11,13,15H2,1H3,(H,31,32)/t16-,18-/m1/s1. The van der Waals surface area contributed by atoms with Gasteiger partial charge in [-0.2, -0.15) is 0 Å². The minimum Gasteiger partial charge on any atom is -0.481 e. The monoisotopic (exact) mass is 468 g/mol. The van der Waals surface area contributed by atoms with Gasteiger partial charge in [-0.05, 0) is 66.6 Å². The molecule has 2 aromatic carbocycles. The van der Waals surface area contributed by atoms with Gasteiger partial charge in [-0.25, -0.2) is 4.39 Å². The normalized spacial score (nSPS) is 17.2. The van der Waals surface area contributed by atoms with E-state index in [1.807, 2.05) is 36.1 Å². The molecule has 1 fully saturated rings. The average Bonchev–Trinajstić information content (AvgIpc) is 2.78. The number of fused-ring (bicyclic) bond motifs is 1. The van der Waals surface area contributed by atoms with E-state index in [2.05, 4.69) is 4.98 Å². The Morgan fingerprint density at radius 1 is 1.21 bits per heavy atom. The Labute approximate surface area is 197 Å². The number of amides is 1. The van der Waals surface area contributed by atoms with Gasteiger partial charge in [0.25, 0.3) is 0 Å². The van der Waals surface area contributed by atoms with Crippen LogP contribution in [0.1, 0.15) is 31.7 Å². The smallest absolute Gasteiger partial charge is 0.303 e. The summed E-state index contributed by atoms with van der Waals surface area (Å²) in [5.41, 5.74) is 3.39. The zero-order valence-corrected chi connectivity index (χ0v) is 19.2. The molecule has 0 radical (unpaired) electrons. The zero-order chi connectivity index (χ0) is 23.5. The van der Waals surface area contributed by atoms with Crippen LogP contribution in [0.4, 0.5) is 4.39 Å². The maximum Gasteiger partial charge on any atom is 0.303 e. The van der Waals surface area contributed by atoms with Gasteiger partial charge in [0.05, 0.1) is 10.5 Å². The van der Waals surface area contributed by atoms with Crippen LogP contribution in [0, 0.1) is 17.7 Å². The van der Waals surface area contributed by atoms with Gasteiger partial charge in [0.1, 0.15) is 5.82 Å². The largest absolute Gasteiger partial charge is 0.481 e. The molecular formula is C26H26ClFN2O3. The minimum absolute atomic E-state index is 0.0222.